The molecule has 2 atom stereocenters. The molecule has 1 N–H and O–H groups in total. The van der Waals surface area contributed by atoms with Gasteiger partial charge >= 0.3 is 17.9 Å². The Bertz CT molecular complexity index is 1270. The van der Waals surface area contributed by atoms with E-state index in [4.69, 9.17) is 18.9 Å². The van der Waals surface area contributed by atoms with E-state index in [1.165, 1.54) is 6.07 Å². The number of benzene rings is 3. The van der Waals surface area contributed by atoms with Crippen LogP contribution in [0.5, 0.6) is 5.75 Å². The van der Waals surface area contributed by atoms with Crippen LogP contribution in [-0.4, -0.2) is 42.8 Å². The molecule has 3 aromatic carbocycles. The van der Waals surface area contributed by atoms with Crippen molar-refractivity contribution in [2.75, 3.05) is 19.8 Å². The Labute approximate surface area is 215 Å². The molecule has 0 aliphatic heterocycles. The summed E-state index contributed by atoms with van der Waals surface area (Å²) < 4.78 is 21.4. The van der Waals surface area contributed by atoms with E-state index in [1.807, 2.05) is 0 Å². The van der Waals surface area contributed by atoms with Crippen LogP contribution in [0.15, 0.2) is 73.0 Å². The maximum atomic E-state index is 13.3. The summed E-state index contributed by atoms with van der Waals surface area (Å²) in [5.74, 6) is -2.99. The van der Waals surface area contributed by atoms with Crippen molar-refractivity contribution in [2.24, 2.45) is 0 Å². The van der Waals surface area contributed by atoms with Gasteiger partial charge in [0.2, 0.25) is 0 Å². The first kappa shape index (κ1) is 27.4. The Morgan fingerprint density at radius 2 is 1.46 bits per heavy atom. The largest absolute Gasteiger partial charge is 0.465 e. The van der Waals surface area contributed by atoms with Crippen LogP contribution in [0.2, 0.25) is 0 Å². The molecule has 0 fully saturated rings. The van der Waals surface area contributed by atoms with E-state index >= 15 is 0 Å². The van der Waals surface area contributed by atoms with E-state index in [2.05, 4.69) is 0 Å². The molecule has 0 amide bonds. The SMILES string of the molecule is CCOC(=O)/C=C/Oc1c([C@H](C(=O)OCC)[C@@H](O)c2ccccc2)cc(C(=O)OCC)c2ccccc12. The van der Waals surface area contributed by atoms with Crippen LogP contribution in [0.25, 0.3) is 10.8 Å². The van der Waals surface area contributed by atoms with Crippen LogP contribution >= 0.6 is 0 Å². The molecular weight excluding hydrogens is 476 g/mol. The third kappa shape index (κ3) is 6.54. The van der Waals surface area contributed by atoms with E-state index in [-0.39, 0.29) is 36.7 Å². The molecule has 0 bridgehead atoms. The monoisotopic (exact) mass is 506 g/mol. The van der Waals surface area contributed by atoms with Crippen molar-refractivity contribution in [1.82, 2.24) is 0 Å². The Hall–Kier alpha value is -4.17. The van der Waals surface area contributed by atoms with Crippen molar-refractivity contribution >= 4 is 28.7 Å². The van der Waals surface area contributed by atoms with Crippen molar-refractivity contribution in [3.05, 3.63) is 89.7 Å². The van der Waals surface area contributed by atoms with Gasteiger partial charge in [0.15, 0.2) is 0 Å². The number of hydrogen-bond acceptors (Lipinski definition) is 8. The van der Waals surface area contributed by atoms with Gasteiger partial charge in [-0.2, -0.15) is 0 Å². The molecule has 0 saturated heterocycles. The molecule has 3 rings (SSSR count). The Kier molecular flexibility index (Phi) is 9.80. The van der Waals surface area contributed by atoms with Crippen molar-refractivity contribution in [1.29, 1.82) is 0 Å². The standard InChI is InChI=1S/C29H30O8/c1-4-34-24(30)16-17-37-27-21-15-11-10-14-20(21)22(28(32)35-5-2)18-23(27)25(29(33)36-6-3)26(31)19-12-8-7-9-13-19/h7-18,25-26,31H,4-6H2,1-3H3/b17-16+/t25-,26-/m0/s1. The highest BCUT2D eigenvalue weighted by Gasteiger charge is 2.35. The second kappa shape index (κ2) is 13.2. The first-order valence-electron chi connectivity index (χ1n) is 12.0. The maximum absolute atomic E-state index is 13.3. The van der Waals surface area contributed by atoms with Gasteiger partial charge in [0, 0.05) is 10.9 Å². The van der Waals surface area contributed by atoms with E-state index in [0.717, 1.165) is 12.3 Å². The number of fused-ring (bicyclic) bond motifs is 1. The lowest BCUT2D eigenvalue weighted by Crippen LogP contribution is -2.24. The molecule has 0 spiro atoms. The summed E-state index contributed by atoms with van der Waals surface area (Å²) in [5.41, 5.74) is 0.869. The first-order valence-corrected chi connectivity index (χ1v) is 12.0. The molecule has 0 aliphatic carbocycles. The van der Waals surface area contributed by atoms with Gasteiger partial charge in [-0.05, 0) is 37.8 Å². The minimum atomic E-state index is -1.33. The number of esters is 3. The predicted molar refractivity (Wildman–Crippen MR) is 137 cm³/mol. The molecule has 8 nitrogen and oxygen atoms in total. The second-order valence-electron chi connectivity index (χ2n) is 7.87. The van der Waals surface area contributed by atoms with Gasteiger partial charge in [0.05, 0.1) is 43.8 Å². The van der Waals surface area contributed by atoms with Crippen molar-refractivity contribution in [2.45, 2.75) is 32.8 Å². The average Bonchev–Trinajstić information content (AvgIpc) is 2.90. The van der Waals surface area contributed by atoms with Gasteiger partial charge in [-0.25, -0.2) is 9.59 Å². The van der Waals surface area contributed by atoms with Crippen molar-refractivity contribution < 1.29 is 38.4 Å². The summed E-state index contributed by atoms with van der Waals surface area (Å²) in [4.78, 5) is 38.1. The number of carbonyl (C=O) groups is 3. The minimum absolute atomic E-state index is 0.0775. The van der Waals surface area contributed by atoms with Gasteiger partial charge in [-0.1, -0.05) is 54.6 Å². The maximum Gasteiger partial charge on any atom is 0.338 e. The van der Waals surface area contributed by atoms with Crippen LogP contribution in [0, 0.1) is 0 Å². The Balaban J connectivity index is 2.28. The number of hydrogen-bond donors (Lipinski definition) is 1. The number of rotatable bonds is 11. The van der Waals surface area contributed by atoms with Gasteiger partial charge in [0.25, 0.3) is 0 Å². The van der Waals surface area contributed by atoms with E-state index in [0.29, 0.717) is 16.3 Å². The lowest BCUT2D eigenvalue weighted by Gasteiger charge is -2.25. The quantitative estimate of drug-likeness (QED) is 0.170. The Morgan fingerprint density at radius 3 is 2.11 bits per heavy atom. The molecule has 0 radical (unpaired) electrons. The molecule has 0 unspecified atom stereocenters. The molecule has 194 valence electrons. The van der Waals surface area contributed by atoms with Crippen molar-refractivity contribution in [3.8, 4) is 5.75 Å². The van der Waals surface area contributed by atoms with Gasteiger partial charge < -0.3 is 24.1 Å². The summed E-state index contributed by atoms with van der Waals surface area (Å²) >= 11 is 0. The molecule has 8 heteroatoms. The zero-order chi connectivity index (χ0) is 26.8. The van der Waals surface area contributed by atoms with Crippen LogP contribution in [-0.2, 0) is 23.8 Å². The fourth-order valence-electron chi connectivity index (χ4n) is 3.96. The predicted octanol–water partition coefficient (Wildman–Crippen LogP) is 4.85. The van der Waals surface area contributed by atoms with Crippen molar-refractivity contribution in [3.63, 3.8) is 0 Å². The summed E-state index contributed by atoms with van der Waals surface area (Å²) in [5, 5.41) is 12.4. The Morgan fingerprint density at radius 1 is 0.838 bits per heavy atom. The van der Waals surface area contributed by atoms with Gasteiger partial charge in [-0.15, -0.1) is 0 Å². The van der Waals surface area contributed by atoms with Crippen LogP contribution in [0.1, 0.15) is 54.3 Å². The highest BCUT2D eigenvalue weighted by Crippen LogP contribution is 2.42. The van der Waals surface area contributed by atoms with E-state index in [9.17, 15) is 19.5 Å². The zero-order valence-corrected chi connectivity index (χ0v) is 21.0. The smallest absolute Gasteiger partial charge is 0.338 e. The molecule has 0 heterocycles. The molecule has 0 saturated carbocycles. The highest BCUT2D eigenvalue weighted by atomic mass is 16.5. The molecule has 3 aromatic rings. The van der Waals surface area contributed by atoms with Crippen LogP contribution in [0.4, 0.5) is 0 Å². The average molecular weight is 507 g/mol. The zero-order valence-electron chi connectivity index (χ0n) is 21.0. The molecular formula is C29H30O8. The fraction of sp³-hybridized carbons (Fsp3) is 0.276. The van der Waals surface area contributed by atoms with E-state index in [1.54, 1.807) is 75.4 Å². The summed E-state index contributed by atoms with van der Waals surface area (Å²) in [7, 11) is 0. The molecule has 0 aromatic heterocycles. The normalized spacial score (nSPS) is 12.6. The summed E-state index contributed by atoms with van der Waals surface area (Å²) in [6, 6.07) is 17.1. The molecule has 0 aliphatic rings. The fourth-order valence-corrected chi connectivity index (χ4v) is 3.96. The third-order valence-electron chi connectivity index (χ3n) is 5.53. The third-order valence-corrected chi connectivity index (χ3v) is 5.53. The number of ether oxygens (including phenoxy) is 4. The van der Waals surface area contributed by atoms with Gasteiger partial charge in [-0.3, -0.25) is 4.79 Å². The lowest BCUT2D eigenvalue weighted by molar-refractivity contribution is -0.148. The number of carbonyl (C=O) groups excluding carboxylic acids is 3. The second-order valence-corrected chi connectivity index (χ2v) is 7.87. The summed E-state index contributed by atoms with van der Waals surface area (Å²) in [6.07, 6.45) is 0.923. The minimum Gasteiger partial charge on any atom is -0.465 e. The number of aliphatic hydroxyl groups excluding tert-OH is 1. The number of aliphatic hydroxyl groups is 1. The lowest BCUT2D eigenvalue weighted by atomic mass is 9.85. The van der Waals surface area contributed by atoms with Crippen LogP contribution < -0.4 is 4.74 Å². The van der Waals surface area contributed by atoms with Crippen LogP contribution in [0.3, 0.4) is 0 Å². The topological polar surface area (TPSA) is 108 Å². The summed E-state index contributed by atoms with van der Waals surface area (Å²) in [6.45, 7) is 5.46. The first-order chi connectivity index (χ1) is 17.9. The van der Waals surface area contributed by atoms with Gasteiger partial charge in [0.1, 0.15) is 11.7 Å². The molecule has 37 heavy (non-hydrogen) atoms. The van der Waals surface area contributed by atoms with E-state index < -0.39 is 29.9 Å². The highest BCUT2D eigenvalue weighted by molar-refractivity contribution is 6.07.